The van der Waals surface area contributed by atoms with Crippen LogP contribution in [0.1, 0.15) is 30.5 Å². The highest BCUT2D eigenvalue weighted by Gasteiger charge is 2.17. The van der Waals surface area contributed by atoms with Crippen LogP contribution >= 0.6 is 11.6 Å². The van der Waals surface area contributed by atoms with Gasteiger partial charge in [0.15, 0.2) is 0 Å². The van der Waals surface area contributed by atoms with Crippen molar-refractivity contribution in [3.8, 4) is 5.75 Å². The fraction of sp³-hybridized carbons (Fsp3) is 0.455. The highest BCUT2D eigenvalue weighted by Crippen LogP contribution is 2.34. The minimum Gasteiger partial charge on any atom is -0.493 e. The van der Waals surface area contributed by atoms with Crippen molar-refractivity contribution in [1.82, 2.24) is 0 Å². The molecule has 0 aliphatic carbocycles. The quantitative estimate of drug-likeness (QED) is 0.775. The molecule has 0 spiro atoms. The predicted octanol–water partition coefficient (Wildman–Crippen LogP) is 2.68. The molecule has 0 radical (unpaired) electrons. The number of nitrogens with two attached hydrogens (primary N) is 1. The van der Waals surface area contributed by atoms with Crippen LogP contribution in [0.5, 0.6) is 5.75 Å². The normalized spacial score (nSPS) is 17.1. The molecule has 14 heavy (non-hydrogen) atoms. The molecule has 1 heterocycles. The van der Waals surface area contributed by atoms with Gasteiger partial charge in [-0.1, -0.05) is 11.6 Å². The molecular formula is C11H14ClNO. The van der Waals surface area contributed by atoms with Gasteiger partial charge in [0, 0.05) is 16.6 Å². The van der Waals surface area contributed by atoms with Crippen LogP contribution < -0.4 is 10.5 Å². The number of rotatable bonds is 1. The van der Waals surface area contributed by atoms with E-state index < -0.39 is 0 Å². The van der Waals surface area contributed by atoms with E-state index in [0.717, 1.165) is 35.8 Å². The Morgan fingerprint density at radius 3 is 3.00 bits per heavy atom. The van der Waals surface area contributed by atoms with Gasteiger partial charge >= 0.3 is 0 Å². The molecule has 2 rings (SSSR count). The van der Waals surface area contributed by atoms with Crippen molar-refractivity contribution in [2.45, 2.75) is 25.8 Å². The maximum absolute atomic E-state index is 6.01. The van der Waals surface area contributed by atoms with E-state index in [1.165, 1.54) is 5.56 Å². The highest BCUT2D eigenvalue weighted by atomic mass is 35.5. The van der Waals surface area contributed by atoms with Crippen LogP contribution in [-0.2, 0) is 6.42 Å². The topological polar surface area (TPSA) is 35.2 Å². The number of hydrogen-bond donors (Lipinski definition) is 1. The molecule has 2 nitrogen and oxygen atoms in total. The Bertz CT molecular complexity index is 349. The minimum absolute atomic E-state index is 0.0273. The van der Waals surface area contributed by atoms with E-state index in [9.17, 15) is 0 Å². The summed E-state index contributed by atoms with van der Waals surface area (Å²) in [6.45, 7) is 2.73. The van der Waals surface area contributed by atoms with Crippen LogP contribution in [-0.4, -0.2) is 6.61 Å². The molecule has 1 atom stereocenters. The van der Waals surface area contributed by atoms with E-state index in [0.29, 0.717) is 0 Å². The van der Waals surface area contributed by atoms with Crippen molar-refractivity contribution in [3.63, 3.8) is 0 Å². The van der Waals surface area contributed by atoms with Gasteiger partial charge in [-0.25, -0.2) is 0 Å². The Hall–Kier alpha value is -0.730. The summed E-state index contributed by atoms with van der Waals surface area (Å²) in [6.07, 6.45) is 2.10. The van der Waals surface area contributed by atoms with Gasteiger partial charge in [0.1, 0.15) is 5.75 Å². The summed E-state index contributed by atoms with van der Waals surface area (Å²) in [5.74, 6) is 0.954. The standard InChI is InChI=1S/C11H14ClNO/c1-7(13)10-6-9(12)5-8-3-2-4-14-11(8)10/h5-7H,2-4,13H2,1H3/t7-/m0/s1. The third-order valence-electron chi connectivity index (χ3n) is 2.49. The van der Waals surface area contributed by atoms with Crippen LogP contribution in [0.3, 0.4) is 0 Å². The second kappa shape index (κ2) is 3.79. The maximum Gasteiger partial charge on any atom is 0.127 e. The first-order valence-electron chi connectivity index (χ1n) is 4.89. The summed E-state index contributed by atoms with van der Waals surface area (Å²) in [4.78, 5) is 0. The van der Waals surface area contributed by atoms with Crippen molar-refractivity contribution in [3.05, 3.63) is 28.3 Å². The van der Waals surface area contributed by atoms with Crippen molar-refractivity contribution >= 4 is 11.6 Å². The molecule has 1 aromatic carbocycles. The molecule has 0 aromatic heterocycles. The van der Waals surface area contributed by atoms with Crippen LogP contribution in [0.25, 0.3) is 0 Å². The van der Waals surface area contributed by atoms with Crippen molar-refractivity contribution < 1.29 is 4.74 Å². The van der Waals surface area contributed by atoms with Crippen molar-refractivity contribution in [2.24, 2.45) is 5.73 Å². The van der Waals surface area contributed by atoms with Crippen LogP contribution in [0.4, 0.5) is 0 Å². The zero-order chi connectivity index (χ0) is 10.1. The lowest BCUT2D eigenvalue weighted by Crippen LogP contribution is -2.14. The second-order valence-electron chi connectivity index (χ2n) is 3.72. The summed E-state index contributed by atoms with van der Waals surface area (Å²) < 4.78 is 5.63. The second-order valence-corrected chi connectivity index (χ2v) is 4.16. The number of fused-ring (bicyclic) bond motifs is 1. The van der Waals surface area contributed by atoms with E-state index >= 15 is 0 Å². The van der Waals surface area contributed by atoms with Gasteiger partial charge < -0.3 is 10.5 Å². The Balaban J connectivity index is 2.52. The lowest BCUT2D eigenvalue weighted by atomic mass is 9.99. The van der Waals surface area contributed by atoms with Crippen LogP contribution in [0, 0.1) is 0 Å². The smallest absolute Gasteiger partial charge is 0.127 e. The van der Waals surface area contributed by atoms with Crippen LogP contribution in [0.2, 0.25) is 5.02 Å². The third kappa shape index (κ3) is 1.72. The molecule has 0 saturated heterocycles. The van der Waals surface area contributed by atoms with Gasteiger partial charge in [-0.2, -0.15) is 0 Å². The Morgan fingerprint density at radius 1 is 1.50 bits per heavy atom. The largest absolute Gasteiger partial charge is 0.493 e. The number of hydrogen-bond acceptors (Lipinski definition) is 2. The Kier molecular flexibility index (Phi) is 2.66. The molecule has 2 N–H and O–H groups in total. The zero-order valence-electron chi connectivity index (χ0n) is 8.22. The van der Waals surface area contributed by atoms with Gasteiger partial charge in [-0.05, 0) is 37.5 Å². The highest BCUT2D eigenvalue weighted by molar-refractivity contribution is 6.30. The van der Waals surface area contributed by atoms with E-state index in [-0.39, 0.29) is 6.04 Å². The van der Waals surface area contributed by atoms with Gasteiger partial charge in [0.2, 0.25) is 0 Å². The molecule has 0 bridgehead atoms. The Morgan fingerprint density at radius 2 is 2.29 bits per heavy atom. The van der Waals surface area contributed by atoms with E-state index in [2.05, 4.69) is 0 Å². The number of halogens is 1. The molecular weight excluding hydrogens is 198 g/mol. The van der Waals surface area contributed by atoms with E-state index in [4.69, 9.17) is 22.1 Å². The lowest BCUT2D eigenvalue weighted by Gasteiger charge is -2.22. The number of aryl methyl sites for hydroxylation is 1. The fourth-order valence-electron chi connectivity index (χ4n) is 1.81. The first-order valence-corrected chi connectivity index (χ1v) is 5.27. The summed E-state index contributed by atoms with van der Waals surface area (Å²) in [7, 11) is 0. The number of benzene rings is 1. The summed E-state index contributed by atoms with van der Waals surface area (Å²) in [5, 5.41) is 0.751. The van der Waals surface area contributed by atoms with E-state index in [1.807, 2.05) is 19.1 Å². The van der Waals surface area contributed by atoms with Gasteiger partial charge in [-0.3, -0.25) is 0 Å². The molecule has 0 amide bonds. The van der Waals surface area contributed by atoms with Gasteiger partial charge in [0.25, 0.3) is 0 Å². The van der Waals surface area contributed by atoms with Gasteiger partial charge in [0.05, 0.1) is 6.61 Å². The van der Waals surface area contributed by atoms with E-state index in [1.54, 1.807) is 0 Å². The van der Waals surface area contributed by atoms with Crippen LogP contribution in [0.15, 0.2) is 12.1 Å². The van der Waals surface area contributed by atoms with Gasteiger partial charge in [-0.15, -0.1) is 0 Å². The molecule has 0 fully saturated rings. The monoisotopic (exact) mass is 211 g/mol. The fourth-order valence-corrected chi connectivity index (χ4v) is 2.06. The molecule has 0 unspecified atom stereocenters. The lowest BCUT2D eigenvalue weighted by molar-refractivity contribution is 0.284. The zero-order valence-corrected chi connectivity index (χ0v) is 8.97. The summed E-state index contributed by atoms with van der Waals surface area (Å²) in [6, 6.07) is 3.85. The first-order chi connectivity index (χ1) is 6.68. The van der Waals surface area contributed by atoms with Crippen molar-refractivity contribution in [1.29, 1.82) is 0 Å². The summed E-state index contributed by atoms with van der Waals surface area (Å²) in [5.41, 5.74) is 8.08. The molecule has 1 aliphatic heterocycles. The molecule has 0 saturated carbocycles. The first kappa shape index (κ1) is 9.81. The molecule has 3 heteroatoms. The third-order valence-corrected chi connectivity index (χ3v) is 2.70. The molecule has 76 valence electrons. The Labute approximate surface area is 89.0 Å². The average Bonchev–Trinajstić information content (AvgIpc) is 2.16. The van der Waals surface area contributed by atoms with Crippen molar-refractivity contribution in [2.75, 3.05) is 6.61 Å². The minimum atomic E-state index is -0.0273. The number of ether oxygens (including phenoxy) is 1. The molecule has 1 aliphatic rings. The molecule has 1 aromatic rings. The summed E-state index contributed by atoms with van der Waals surface area (Å²) >= 11 is 6.01. The average molecular weight is 212 g/mol. The SMILES string of the molecule is C[C@H](N)c1cc(Cl)cc2c1OCCC2. The maximum atomic E-state index is 6.01. The predicted molar refractivity (Wildman–Crippen MR) is 57.9 cm³/mol.